The summed E-state index contributed by atoms with van der Waals surface area (Å²) in [5, 5.41) is 28.4. The summed E-state index contributed by atoms with van der Waals surface area (Å²) in [6.07, 6.45) is 0.0381. The number of carboxylic acid groups (broad SMARTS) is 1. The maximum atomic E-state index is 11.8. The van der Waals surface area contributed by atoms with Crippen molar-refractivity contribution in [2.75, 3.05) is 13.7 Å². The van der Waals surface area contributed by atoms with Crippen LogP contribution in [0.4, 0.5) is 5.69 Å². The van der Waals surface area contributed by atoms with Gasteiger partial charge in [0.1, 0.15) is 11.6 Å². The van der Waals surface area contributed by atoms with Crippen molar-refractivity contribution >= 4 is 40.9 Å². The van der Waals surface area contributed by atoms with Crippen LogP contribution in [0.25, 0.3) is 0 Å². The number of rotatable bonds is 8. The lowest BCUT2D eigenvalue weighted by Gasteiger charge is -2.15. The number of carbonyl (C=O) groups excluding carboxylic acids is 2. The molecule has 7 N–H and O–H groups in total. The van der Waals surface area contributed by atoms with E-state index in [1.54, 1.807) is 12.1 Å². The largest absolute Gasteiger partial charge is 0.483 e. The van der Waals surface area contributed by atoms with Crippen LogP contribution in [0.2, 0.25) is 5.02 Å². The number of amidine groups is 1. The average molecular weight is 480 g/mol. The Morgan fingerprint density at radius 1 is 1.24 bits per heavy atom. The lowest BCUT2D eigenvalue weighted by Crippen LogP contribution is -2.25. The van der Waals surface area contributed by atoms with Gasteiger partial charge in [-0.3, -0.25) is 29.9 Å². The van der Waals surface area contributed by atoms with Crippen LogP contribution < -0.4 is 21.5 Å². The normalized spacial score (nSPS) is 9.79. The maximum Gasteiger partial charge on any atom is 0.300 e. The number of nitrogens with two attached hydrogens (primary N) is 2. The highest BCUT2D eigenvalue weighted by molar-refractivity contribution is 6.32. The minimum atomic E-state index is -0.876. The number of hydrogen-bond donors (Lipinski definition) is 5. The Hall–Kier alpha value is -4.19. The van der Waals surface area contributed by atoms with E-state index in [2.05, 4.69) is 5.32 Å². The molecule has 13 heteroatoms. The minimum absolute atomic E-state index is 0.0131. The number of non-ortho nitro benzene ring substituents is 1. The Kier molecular flexibility index (Phi) is 9.76. The van der Waals surface area contributed by atoms with Crippen molar-refractivity contribution in [1.29, 1.82) is 5.41 Å². The van der Waals surface area contributed by atoms with E-state index in [-0.39, 0.29) is 52.4 Å². The SMILES string of the molecule is CC(=O)O.CNC(=O)COc1cc(C(=N)N)ccc1Cc1c(Cl)cc([N+](=O)[O-])cc1C(N)=O. The van der Waals surface area contributed by atoms with E-state index < -0.39 is 16.8 Å². The van der Waals surface area contributed by atoms with E-state index >= 15 is 0 Å². The zero-order valence-electron chi connectivity index (χ0n) is 17.7. The van der Waals surface area contributed by atoms with Gasteiger partial charge in [-0.05, 0) is 17.2 Å². The minimum Gasteiger partial charge on any atom is -0.483 e. The molecular formula is C20H22ClN5O7. The number of hydrogen-bond acceptors (Lipinski definition) is 7. The Morgan fingerprint density at radius 2 is 1.85 bits per heavy atom. The van der Waals surface area contributed by atoms with E-state index in [9.17, 15) is 19.7 Å². The second-order valence-electron chi connectivity index (χ2n) is 6.47. The molecule has 0 fully saturated rings. The molecule has 0 aromatic heterocycles. The Labute approximate surface area is 193 Å². The molecule has 0 aliphatic carbocycles. The molecule has 0 heterocycles. The van der Waals surface area contributed by atoms with E-state index in [1.165, 1.54) is 13.1 Å². The molecule has 0 unspecified atom stereocenters. The van der Waals surface area contributed by atoms with Gasteiger partial charge in [0.05, 0.1) is 15.5 Å². The van der Waals surface area contributed by atoms with Gasteiger partial charge in [0, 0.05) is 38.1 Å². The topological polar surface area (TPSA) is 212 Å². The van der Waals surface area contributed by atoms with Crippen LogP contribution in [0.5, 0.6) is 5.75 Å². The highest BCUT2D eigenvalue weighted by Gasteiger charge is 2.21. The summed E-state index contributed by atoms with van der Waals surface area (Å²) in [5.74, 6) is -2.05. The van der Waals surface area contributed by atoms with Crippen LogP contribution in [0.1, 0.15) is 34.0 Å². The lowest BCUT2D eigenvalue weighted by atomic mass is 9.97. The van der Waals surface area contributed by atoms with Crippen LogP contribution in [-0.4, -0.2) is 47.3 Å². The molecule has 0 aliphatic heterocycles. The standard InChI is InChI=1S/C18H18ClN5O5.C2H4O2/c1-23-16(25)8-29-15-5-10(17(20)21)3-2-9(15)4-12-13(18(22)26)6-11(24(27)28)7-14(12)19;1-2(3)4/h2-3,5-7H,4,8H2,1H3,(H3,20,21)(H2,22,26)(H,23,25);1H3,(H,3,4). The number of nitrogens with one attached hydrogen (secondary N) is 2. The fraction of sp³-hybridized carbons (Fsp3) is 0.200. The first kappa shape index (κ1) is 26.8. The molecule has 12 nitrogen and oxygen atoms in total. The molecule has 0 saturated carbocycles. The molecule has 0 atom stereocenters. The van der Waals surface area contributed by atoms with Crippen molar-refractivity contribution in [1.82, 2.24) is 5.32 Å². The lowest BCUT2D eigenvalue weighted by molar-refractivity contribution is -0.384. The van der Waals surface area contributed by atoms with Crippen LogP contribution in [0.15, 0.2) is 30.3 Å². The Bertz CT molecular complexity index is 1100. The highest BCUT2D eigenvalue weighted by atomic mass is 35.5. The molecule has 0 bridgehead atoms. The molecule has 33 heavy (non-hydrogen) atoms. The first-order chi connectivity index (χ1) is 15.4. The summed E-state index contributed by atoms with van der Waals surface area (Å²) in [4.78, 5) is 42.7. The van der Waals surface area contributed by atoms with Crippen molar-refractivity contribution in [3.8, 4) is 5.75 Å². The van der Waals surface area contributed by atoms with Gasteiger partial charge in [-0.25, -0.2) is 0 Å². The van der Waals surface area contributed by atoms with Gasteiger partial charge in [-0.15, -0.1) is 0 Å². The van der Waals surface area contributed by atoms with E-state index in [0.29, 0.717) is 11.1 Å². The fourth-order valence-corrected chi connectivity index (χ4v) is 2.82. The number of aliphatic carboxylic acids is 1. The fourth-order valence-electron chi connectivity index (χ4n) is 2.54. The third-order valence-corrected chi connectivity index (χ3v) is 4.38. The number of carbonyl (C=O) groups is 3. The zero-order valence-corrected chi connectivity index (χ0v) is 18.4. The van der Waals surface area contributed by atoms with E-state index in [1.807, 2.05) is 0 Å². The number of ether oxygens (including phenoxy) is 1. The number of nitrogen functional groups attached to an aromatic ring is 1. The smallest absolute Gasteiger partial charge is 0.300 e. The predicted octanol–water partition coefficient (Wildman–Crippen LogP) is 1.44. The third kappa shape index (κ3) is 8.10. The molecule has 2 amide bonds. The van der Waals surface area contributed by atoms with Gasteiger partial charge in [0.2, 0.25) is 5.91 Å². The van der Waals surface area contributed by atoms with E-state index in [0.717, 1.165) is 19.1 Å². The maximum absolute atomic E-state index is 11.8. The molecule has 0 spiro atoms. The van der Waals surface area contributed by atoms with Crippen LogP contribution in [-0.2, 0) is 16.0 Å². The number of primary amides is 1. The molecule has 0 aliphatic rings. The summed E-state index contributed by atoms with van der Waals surface area (Å²) in [6.45, 7) is 0.793. The zero-order chi connectivity index (χ0) is 25.3. The first-order valence-electron chi connectivity index (χ1n) is 9.14. The molecule has 0 radical (unpaired) electrons. The number of benzene rings is 2. The second-order valence-corrected chi connectivity index (χ2v) is 6.88. The molecule has 2 aromatic carbocycles. The summed E-state index contributed by atoms with van der Waals surface area (Å²) in [5.41, 5.74) is 11.6. The first-order valence-corrected chi connectivity index (χ1v) is 9.52. The highest BCUT2D eigenvalue weighted by Crippen LogP contribution is 2.31. The van der Waals surface area contributed by atoms with Crippen LogP contribution in [0, 0.1) is 15.5 Å². The monoisotopic (exact) mass is 479 g/mol. The quantitative estimate of drug-likeness (QED) is 0.161. The second kappa shape index (κ2) is 12.0. The van der Waals surface area contributed by atoms with Crippen molar-refractivity contribution in [2.24, 2.45) is 11.5 Å². The van der Waals surface area contributed by atoms with Crippen molar-refractivity contribution in [2.45, 2.75) is 13.3 Å². The number of nitrogens with zero attached hydrogens (tertiary/aromatic N) is 1. The van der Waals surface area contributed by atoms with Gasteiger partial charge >= 0.3 is 0 Å². The summed E-state index contributed by atoms with van der Waals surface area (Å²) < 4.78 is 5.52. The van der Waals surface area contributed by atoms with Gasteiger partial charge in [-0.2, -0.15) is 0 Å². The predicted molar refractivity (Wildman–Crippen MR) is 120 cm³/mol. The molecule has 176 valence electrons. The molecule has 2 aromatic rings. The van der Waals surface area contributed by atoms with Crippen molar-refractivity contribution in [3.63, 3.8) is 0 Å². The Balaban J connectivity index is 0.00000125. The summed E-state index contributed by atoms with van der Waals surface area (Å²) >= 11 is 6.19. The third-order valence-electron chi connectivity index (χ3n) is 4.04. The van der Waals surface area contributed by atoms with E-state index in [4.69, 9.17) is 43.1 Å². The summed E-state index contributed by atoms with van der Waals surface area (Å²) in [7, 11) is 1.45. The van der Waals surface area contributed by atoms with Gasteiger partial charge < -0.3 is 26.6 Å². The number of nitro groups is 1. The number of likely N-dealkylation sites (N-methyl/N-ethyl adjacent to an activating group) is 1. The number of amides is 2. The number of carboxylic acids is 1. The molecular weight excluding hydrogens is 458 g/mol. The van der Waals surface area contributed by atoms with Crippen LogP contribution >= 0.6 is 11.6 Å². The van der Waals surface area contributed by atoms with Gasteiger partial charge in [0.15, 0.2) is 6.61 Å². The summed E-state index contributed by atoms with van der Waals surface area (Å²) in [6, 6.07) is 6.81. The van der Waals surface area contributed by atoms with Crippen LogP contribution in [0.3, 0.4) is 0 Å². The van der Waals surface area contributed by atoms with Crippen molar-refractivity contribution in [3.05, 3.63) is 67.7 Å². The molecule has 0 saturated heterocycles. The average Bonchev–Trinajstić information content (AvgIpc) is 2.72. The Morgan fingerprint density at radius 3 is 2.33 bits per heavy atom. The number of halogens is 1. The van der Waals surface area contributed by atoms with Gasteiger partial charge in [-0.1, -0.05) is 23.7 Å². The van der Waals surface area contributed by atoms with Gasteiger partial charge in [0.25, 0.3) is 17.6 Å². The molecule has 2 rings (SSSR count). The van der Waals surface area contributed by atoms with Crippen molar-refractivity contribution < 1.29 is 29.2 Å². The number of nitro benzene ring substituents is 1.